The third-order valence-electron chi connectivity index (χ3n) is 4.39. The number of phenolic OH excluding ortho intramolecular Hbond substituents is 2. The number of hydrogen-bond donors (Lipinski definition) is 3. The largest absolute Gasteiger partial charge is 0.508 e. The van der Waals surface area contributed by atoms with Gasteiger partial charge in [0.1, 0.15) is 11.5 Å². The highest BCUT2D eigenvalue weighted by Crippen LogP contribution is 2.52. The van der Waals surface area contributed by atoms with Gasteiger partial charge in [-0.05, 0) is 42.0 Å². The molecule has 5 nitrogen and oxygen atoms in total. The Balaban J connectivity index is 2.63. The molecule has 152 valence electrons. The average molecular weight is 494 g/mol. The Kier molecular flexibility index (Phi) is 5.98. The third kappa shape index (κ3) is 3.65. The maximum absolute atomic E-state index is 13.0. The lowest BCUT2D eigenvalue weighted by Gasteiger charge is -2.34. The molecule has 3 aromatic rings. The topological polar surface area (TPSA) is 94.8 Å². The minimum absolute atomic E-state index is 0.0311. The first kappa shape index (κ1) is 22.0. The van der Waals surface area contributed by atoms with E-state index in [9.17, 15) is 23.2 Å². The predicted octanol–water partition coefficient (Wildman–Crippen LogP) is 5.89. The second-order valence-corrected chi connectivity index (χ2v) is 9.27. The van der Waals surface area contributed by atoms with Crippen LogP contribution in [-0.2, 0) is 14.9 Å². The van der Waals surface area contributed by atoms with E-state index >= 15 is 0 Å². The van der Waals surface area contributed by atoms with Crippen molar-refractivity contribution in [3.05, 3.63) is 91.4 Å². The first-order chi connectivity index (χ1) is 13.5. The molecule has 0 radical (unpaired) electrons. The van der Waals surface area contributed by atoms with Crippen LogP contribution in [0.1, 0.15) is 16.7 Å². The van der Waals surface area contributed by atoms with Gasteiger partial charge in [0.2, 0.25) is 0 Å². The summed E-state index contributed by atoms with van der Waals surface area (Å²) in [4.78, 5) is 0. The Morgan fingerprint density at radius 2 is 1.31 bits per heavy atom. The van der Waals surface area contributed by atoms with E-state index in [1.807, 2.05) is 0 Å². The summed E-state index contributed by atoms with van der Waals surface area (Å²) in [6.07, 6.45) is 0. The third-order valence-corrected chi connectivity index (χ3v) is 7.07. The quantitative estimate of drug-likeness (QED) is 0.311. The van der Waals surface area contributed by atoms with Gasteiger partial charge in [0.25, 0.3) is 10.1 Å². The Bertz CT molecular complexity index is 1180. The van der Waals surface area contributed by atoms with Gasteiger partial charge in [0.05, 0.1) is 5.02 Å². The van der Waals surface area contributed by atoms with Crippen LogP contribution in [0, 0.1) is 0 Å². The van der Waals surface area contributed by atoms with Crippen LogP contribution in [-0.4, -0.2) is 23.2 Å². The lowest BCUT2D eigenvalue weighted by Crippen LogP contribution is -2.39. The van der Waals surface area contributed by atoms with Gasteiger partial charge in [-0.1, -0.05) is 64.6 Å². The molecule has 0 saturated heterocycles. The molecule has 0 aliphatic rings. The number of benzene rings is 3. The van der Waals surface area contributed by atoms with Gasteiger partial charge in [-0.25, -0.2) is 0 Å². The van der Waals surface area contributed by atoms with E-state index in [2.05, 4.69) is 0 Å². The molecule has 0 fully saturated rings. The summed E-state index contributed by atoms with van der Waals surface area (Å²) in [5.74, 6) is -0.616. The molecule has 3 rings (SSSR count). The van der Waals surface area contributed by atoms with Crippen LogP contribution in [0.4, 0.5) is 0 Å². The van der Waals surface area contributed by atoms with Crippen molar-refractivity contribution in [3.63, 3.8) is 0 Å². The van der Waals surface area contributed by atoms with Crippen molar-refractivity contribution in [1.29, 1.82) is 0 Å². The molecule has 29 heavy (non-hydrogen) atoms. The van der Waals surface area contributed by atoms with Gasteiger partial charge in [-0.2, -0.15) is 8.42 Å². The molecule has 0 bridgehead atoms. The van der Waals surface area contributed by atoms with E-state index in [4.69, 9.17) is 46.4 Å². The average Bonchev–Trinajstić information content (AvgIpc) is 2.62. The minimum atomic E-state index is -5.08. The van der Waals surface area contributed by atoms with E-state index < -0.39 is 20.6 Å². The van der Waals surface area contributed by atoms with Crippen LogP contribution in [0.5, 0.6) is 11.5 Å². The molecule has 3 N–H and O–H groups in total. The summed E-state index contributed by atoms with van der Waals surface area (Å²) in [5, 5.41) is 19.4. The molecule has 0 spiro atoms. The number of phenols is 2. The van der Waals surface area contributed by atoms with Gasteiger partial charge < -0.3 is 10.2 Å². The van der Waals surface area contributed by atoms with Gasteiger partial charge >= 0.3 is 0 Å². The van der Waals surface area contributed by atoms with Gasteiger partial charge in [-0.3, -0.25) is 4.55 Å². The second kappa shape index (κ2) is 7.87. The number of halogens is 4. The van der Waals surface area contributed by atoms with E-state index in [1.54, 1.807) is 0 Å². The summed E-state index contributed by atoms with van der Waals surface area (Å²) < 4.78 is 34.1. The first-order valence-electron chi connectivity index (χ1n) is 7.89. The maximum atomic E-state index is 13.0. The molecular weight excluding hydrogens is 482 g/mol. The highest BCUT2D eigenvalue weighted by Gasteiger charge is 2.52. The van der Waals surface area contributed by atoms with E-state index in [-0.39, 0.29) is 42.5 Å². The molecule has 10 heteroatoms. The monoisotopic (exact) mass is 492 g/mol. The molecule has 0 aliphatic heterocycles. The smallest absolute Gasteiger partial charge is 0.283 e. The van der Waals surface area contributed by atoms with Crippen LogP contribution >= 0.6 is 46.4 Å². The zero-order valence-corrected chi connectivity index (χ0v) is 18.1. The lowest BCUT2D eigenvalue weighted by molar-refractivity contribution is 0.455. The fourth-order valence-corrected chi connectivity index (χ4v) is 5.92. The van der Waals surface area contributed by atoms with Crippen LogP contribution < -0.4 is 0 Å². The van der Waals surface area contributed by atoms with Crippen molar-refractivity contribution >= 4 is 56.5 Å². The number of hydrogen-bond acceptors (Lipinski definition) is 4. The minimum Gasteiger partial charge on any atom is -0.508 e. The molecule has 0 aliphatic carbocycles. The Morgan fingerprint density at radius 3 is 1.83 bits per heavy atom. The predicted molar refractivity (Wildman–Crippen MR) is 114 cm³/mol. The molecule has 0 aromatic heterocycles. The van der Waals surface area contributed by atoms with Crippen molar-refractivity contribution in [1.82, 2.24) is 0 Å². The standard InChI is InChI=1S/C19H12Cl4O5S/c20-13-2-1-3-14(21)18(13)19(29(26,27)28,10-4-6-11(24)7-5-10)12-8-17(25)16(23)9-15(12)22/h1-9,24-25H,(H,26,27,28). The summed E-state index contributed by atoms with van der Waals surface area (Å²) in [6, 6.07) is 11.4. The Labute approximate surface area is 186 Å². The van der Waals surface area contributed by atoms with Crippen LogP contribution in [0.25, 0.3) is 0 Å². The Hall–Kier alpha value is -1.67. The van der Waals surface area contributed by atoms with Crippen LogP contribution in [0.2, 0.25) is 20.1 Å². The van der Waals surface area contributed by atoms with Gasteiger partial charge in [-0.15, -0.1) is 0 Å². The Morgan fingerprint density at radius 1 is 0.759 bits per heavy atom. The van der Waals surface area contributed by atoms with Gasteiger partial charge in [0.15, 0.2) is 4.75 Å². The summed E-state index contributed by atoms with van der Waals surface area (Å²) in [5.41, 5.74) is -0.444. The van der Waals surface area contributed by atoms with Gasteiger partial charge in [0, 0.05) is 26.2 Å². The van der Waals surface area contributed by atoms with Crippen LogP contribution in [0.3, 0.4) is 0 Å². The SMILES string of the molecule is O=S(=O)(O)C(c1ccc(O)cc1)(c1cc(O)c(Cl)cc1Cl)c1c(Cl)cccc1Cl. The van der Waals surface area contributed by atoms with E-state index in [0.29, 0.717) is 0 Å². The van der Waals surface area contributed by atoms with E-state index in [0.717, 1.165) is 12.1 Å². The highest BCUT2D eigenvalue weighted by molar-refractivity contribution is 7.87. The maximum Gasteiger partial charge on any atom is 0.283 e. The fourth-order valence-electron chi connectivity index (χ4n) is 3.19. The normalized spacial score (nSPS) is 13.8. The lowest BCUT2D eigenvalue weighted by atomic mass is 9.83. The molecule has 3 aromatic carbocycles. The van der Waals surface area contributed by atoms with Crippen molar-refractivity contribution < 1.29 is 23.2 Å². The first-order valence-corrected chi connectivity index (χ1v) is 10.8. The van der Waals surface area contributed by atoms with Crippen molar-refractivity contribution in [2.75, 3.05) is 0 Å². The van der Waals surface area contributed by atoms with Crippen molar-refractivity contribution in [2.24, 2.45) is 0 Å². The second-order valence-electron chi connectivity index (χ2n) is 6.08. The summed E-state index contributed by atoms with van der Waals surface area (Å²) in [7, 11) is -5.08. The molecular formula is C19H12Cl4O5S. The zero-order valence-electron chi connectivity index (χ0n) is 14.3. The van der Waals surface area contributed by atoms with E-state index in [1.165, 1.54) is 42.5 Å². The number of rotatable bonds is 4. The summed E-state index contributed by atoms with van der Waals surface area (Å²) >= 11 is 24.9. The molecule has 0 amide bonds. The molecule has 0 saturated carbocycles. The van der Waals surface area contributed by atoms with Crippen molar-refractivity contribution in [3.8, 4) is 11.5 Å². The zero-order chi connectivity index (χ0) is 21.6. The van der Waals surface area contributed by atoms with Crippen molar-refractivity contribution in [2.45, 2.75) is 4.75 Å². The molecule has 1 atom stereocenters. The highest BCUT2D eigenvalue weighted by atomic mass is 35.5. The molecule has 1 unspecified atom stereocenters. The molecule has 0 heterocycles. The fraction of sp³-hybridized carbons (Fsp3) is 0.0526. The summed E-state index contributed by atoms with van der Waals surface area (Å²) in [6.45, 7) is 0. The van der Waals surface area contributed by atoms with Crippen LogP contribution in [0.15, 0.2) is 54.6 Å². The number of aromatic hydroxyl groups is 2.